The SMILES string of the molecule is CCN(CC)S(=O)(=O)c1ccc(C(=O)Nc2ccc(OCC(F)(F)F)c(C#N)c2)cc1. The number of nitrogens with zero attached hydrogens (tertiary/aromatic N) is 2. The summed E-state index contributed by atoms with van der Waals surface area (Å²) in [6, 6.07) is 10.7. The smallest absolute Gasteiger partial charge is 0.422 e. The van der Waals surface area contributed by atoms with Crippen LogP contribution in [0.4, 0.5) is 18.9 Å². The van der Waals surface area contributed by atoms with Crippen molar-refractivity contribution in [2.75, 3.05) is 25.0 Å². The van der Waals surface area contributed by atoms with Crippen molar-refractivity contribution in [2.45, 2.75) is 24.9 Å². The van der Waals surface area contributed by atoms with Crippen LogP contribution in [0.1, 0.15) is 29.8 Å². The van der Waals surface area contributed by atoms with Gasteiger partial charge in [-0.05, 0) is 42.5 Å². The Bertz CT molecular complexity index is 1070. The van der Waals surface area contributed by atoms with Gasteiger partial charge in [-0.1, -0.05) is 13.8 Å². The van der Waals surface area contributed by atoms with Crippen molar-refractivity contribution in [3.05, 3.63) is 53.6 Å². The number of sulfonamides is 1. The van der Waals surface area contributed by atoms with Crippen molar-refractivity contribution in [1.82, 2.24) is 4.31 Å². The van der Waals surface area contributed by atoms with Crippen molar-refractivity contribution >= 4 is 21.6 Å². The molecule has 0 saturated heterocycles. The number of rotatable bonds is 8. The third kappa shape index (κ3) is 6.19. The molecule has 31 heavy (non-hydrogen) atoms. The molecule has 11 heteroatoms. The molecule has 2 aromatic rings. The molecule has 0 spiro atoms. The fourth-order valence-corrected chi connectivity index (χ4v) is 4.13. The molecule has 0 saturated carbocycles. The first kappa shape index (κ1) is 24.2. The van der Waals surface area contributed by atoms with Crippen LogP contribution in [0.5, 0.6) is 5.75 Å². The van der Waals surface area contributed by atoms with Gasteiger partial charge in [-0.2, -0.15) is 22.7 Å². The lowest BCUT2D eigenvalue weighted by Crippen LogP contribution is -2.30. The number of halogens is 3. The van der Waals surface area contributed by atoms with Gasteiger partial charge in [0.25, 0.3) is 5.91 Å². The molecule has 2 aromatic carbocycles. The molecular formula is C20H20F3N3O4S. The highest BCUT2D eigenvalue weighted by Crippen LogP contribution is 2.25. The van der Waals surface area contributed by atoms with E-state index in [9.17, 15) is 26.4 Å². The molecule has 0 aliphatic carbocycles. The molecule has 0 fully saturated rings. The van der Waals surface area contributed by atoms with Gasteiger partial charge in [-0.25, -0.2) is 8.42 Å². The van der Waals surface area contributed by atoms with Gasteiger partial charge in [0.1, 0.15) is 11.8 Å². The number of nitriles is 1. The molecule has 0 aromatic heterocycles. The summed E-state index contributed by atoms with van der Waals surface area (Å²) in [6.45, 7) is 2.52. The van der Waals surface area contributed by atoms with Gasteiger partial charge in [0.05, 0.1) is 10.5 Å². The van der Waals surface area contributed by atoms with Crippen LogP contribution in [-0.4, -0.2) is 44.5 Å². The summed E-state index contributed by atoms with van der Waals surface area (Å²) in [5.41, 5.74) is 0.151. The second-order valence-corrected chi connectivity index (χ2v) is 8.23. The highest BCUT2D eigenvalue weighted by molar-refractivity contribution is 7.89. The molecule has 0 radical (unpaired) electrons. The first-order chi connectivity index (χ1) is 14.5. The van der Waals surface area contributed by atoms with E-state index in [0.29, 0.717) is 13.1 Å². The largest absolute Gasteiger partial charge is 0.483 e. The summed E-state index contributed by atoms with van der Waals surface area (Å²) >= 11 is 0. The average Bonchev–Trinajstić information content (AvgIpc) is 2.72. The molecular weight excluding hydrogens is 435 g/mol. The van der Waals surface area contributed by atoms with Crippen molar-refractivity contribution < 1.29 is 31.1 Å². The van der Waals surface area contributed by atoms with Gasteiger partial charge in [-0.3, -0.25) is 4.79 Å². The normalized spacial score (nSPS) is 11.8. The molecule has 0 aliphatic rings. The molecule has 1 amide bonds. The Balaban J connectivity index is 2.16. The summed E-state index contributed by atoms with van der Waals surface area (Å²) in [7, 11) is -3.66. The van der Waals surface area contributed by atoms with E-state index in [1.54, 1.807) is 19.9 Å². The lowest BCUT2D eigenvalue weighted by molar-refractivity contribution is -0.153. The third-order valence-electron chi connectivity index (χ3n) is 4.21. The number of benzene rings is 2. The zero-order chi connectivity index (χ0) is 23.2. The summed E-state index contributed by atoms with van der Waals surface area (Å²) in [5.74, 6) is -0.844. The third-order valence-corrected chi connectivity index (χ3v) is 6.27. The predicted molar refractivity (Wildman–Crippen MR) is 107 cm³/mol. The Hall–Kier alpha value is -3.10. The molecule has 0 bridgehead atoms. The molecule has 0 unspecified atom stereocenters. The highest BCUT2D eigenvalue weighted by Gasteiger charge is 2.29. The summed E-state index contributed by atoms with van der Waals surface area (Å²) in [5, 5.41) is 11.6. The first-order valence-electron chi connectivity index (χ1n) is 9.17. The van der Waals surface area contributed by atoms with Crippen LogP contribution in [0.3, 0.4) is 0 Å². The minimum atomic E-state index is -4.55. The van der Waals surface area contributed by atoms with Gasteiger partial charge in [0.15, 0.2) is 6.61 Å². The van der Waals surface area contributed by atoms with E-state index in [2.05, 4.69) is 10.1 Å². The van der Waals surface area contributed by atoms with Gasteiger partial charge in [0.2, 0.25) is 10.0 Å². The number of amides is 1. The predicted octanol–water partition coefficient (Wildman–Crippen LogP) is 3.78. The minimum absolute atomic E-state index is 0.0469. The molecule has 0 aliphatic heterocycles. The number of alkyl halides is 3. The van der Waals surface area contributed by atoms with E-state index < -0.39 is 28.7 Å². The lowest BCUT2D eigenvalue weighted by Gasteiger charge is -2.18. The maximum absolute atomic E-state index is 12.5. The molecule has 7 nitrogen and oxygen atoms in total. The first-order valence-corrected chi connectivity index (χ1v) is 10.6. The van der Waals surface area contributed by atoms with Crippen molar-refractivity contribution in [1.29, 1.82) is 5.26 Å². The van der Waals surface area contributed by atoms with E-state index in [1.807, 2.05) is 0 Å². The topological polar surface area (TPSA) is 99.5 Å². The number of ether oxygens (including phenoxy) is 1. The lowest BCUT2D eigenvalue weighted by atomic mass is 10.1. The number of nitrogens with one attached hydrogen (secondary N) is 1. The molecule has 0 atom stereocenters. The molecule has 1 N–H and O–H groups in total. The Kier molecular flexibility index (Phi) is 7.65. The highest BCUT2D eigenvalue weighted by atomic mass is 32.2. The Labute approximate surface area is 178 Å². The van der Waals surface area contributed by atoms with E-state index >= 15 is 0 Å². The second-order valence-electron chi connectivity index (χ2n) is 6.29. The monoisotopic (exact) mass is 455 g/mol. The maximum atomic E-state index is 12.5. The van der Waals surface area contributed by atoms with Crippen LogP contribution in [0, 0.1) is 11.3 Å². The summed E-state index contributed by atoms with van der Waals surface area (Å²) in [4.78, 5) is 12.5. The van der Waals surface area contributed by atoms with Gasteiger partial charge in [0, 0.05) is 24.3 Å². The number of hydrogen-bond acceptors (Lipinski definition) is 5. The van der Waals surface area contributed by atoms with Crippen molar-refractivity contribution in [2.24, 2.45) is 0 Å². The number of anilines is 1. The fourth-order valence-electron chi connectivity index (χ4n) is 2.67. The van der Waals surface area contributed by atoms with Crippen LogP contribution >= 0.6 is 0 Å². The van der Waals surface area contributed by atoms with Crippen LogP contribution in [0.2, 0.25) is 0 Å². The Morgan fingerprint density at radius 2 is 1.74 bits per heavy atom. The van der Waals surface area contributed by atoms with Gasteiger partial charge >= 0.3 is 6.18 Å². The summed E-state index contributed by atoms with van der Waals surface area (Å²) in [6.07, 6.45) is -4.55. The molecule has 2 rings (SSSR count). The molecule has 166 valence electrons. The van der Waals surface area contributed by atoms with E-state index in [4.69, 9.17) is 5.26 Å². The van der Waals surface area contributed by atoms with E-state index in [0.717, 1.165) is 6.07 Å². The number of hydrogen-bond donors (Lipinski definition) is 1. The maximum Gasteiger partial charge on any atom is 0.422 e. The van der Waals surface area contributed by atoms with Crippen LogP contribution < -0.4 is 10.1 Å². The Morgan fingerprint density at radius 3 is 2.26 bits per heavy atom. The van der Waals surface area contributed by atoms with Gasteiger partial charge in [-0.15, -0.1) is 0 Å². The number of carbonyl (C=O) groups is 1. The number of carbonyl (C=O) groups excluding carboxylic acids is 1. The van der Waals surface area contributed by atoms with E-state index in [-0.39, 0.29) is 27.5 Å². The van der Waals surface area contributed by atoms with Crippen LogP contribution in [0.25, 0.3) is 0 Å². The fraction of sp³-hybridized carbons (Fsp3) is 0.300. The van der Waals surface area contributed by atoms with Crippen LogP contribution in [-0.2, 0) is 10.0 Å². The van der Waals surface area contributed by atoms with Crippen molar-refractivity contribution in [3.8, 4) is 11.8 Å². The average molecular weight is 455 g/mol. The summed E-state index contributed by atoms with van der Waals surface area (Å²) < 4.78 is 67.8. The second kappa shape index (κ2) is 9.80. The van der Waals surface area contributed by atoms with Crippen LogP contribution in [0.15, 0.2) is 47.4 Å². The van der Waals surface area contributed by atoms with E-state index in [1.165, 1.54) is 40.7 Å². The zero-order valence-electron chi connectivity index (χ0n) is 16.7. The minimum Gasteiger partial charge on any atom is -0.483 e. The molecule has 0 heterocycles. The zero-order valence-corrected chi connectivity index (χ0v) is 17.5. The van der Waals surface area contributed by atoms with Gasteiger partial charge < -0.3 is 10.1 Å². The quantitative estimate of drug-likeness (QED) is 0.653. The Morgan fingerprint density at radius 1 is 1.13 bits per heavy atom. The van der Waals surface area contributed by atoms with Crippen molar-refractivity contribution in [3.63, 3.8) is 0 Å². The standard InChI is InChI=1S/C20H20F3N3O4S/c1-3-26(4-2)31(28,29)17-8-5-14(6-9-17)19(27)25-16-7-10-18(15(11-16)12-24)30-13-20(21,22)23/h5-11H,3-4,13H2,1-2H3,(H,25,27).